The minimum absolute atomic E-state index is 0.0894. The van der Waals surface area contributed by atoms with Crippen molar-refractivity contribution >= 4 is 21.3 Å². The number of hydrogen-bond donors (Lipinski definition) is 1. The van der Waals surface area contributed by atoms with E-state index in [1.165, 1.54) is 55.8 Å². The summed E-state index contributed by atoms with van der Waals surface area (Å²) < 4.78 is 78.2. The van der Waals surface area contributed by atoms with Gasteiger partial charge in [0, 0.05) is 23.9 Å². The highest BCUT2D eigenvalue weighted by molar-refractivity contribution is 7.93. The number of anilines is 1. The van der Waals surface area contributed by atoms with Crippen LogP contribution in [0.1, 0.15) is 16.1 Å². The van der Waals surface area contributed by atoms with Crippen molar-refractivity contribution in [2.24, 2.45) is 4.36 Å². The van der Waals surface area contributed by atoms with Gasteiger partial charge in [-0.3, -0.25) is 4.79 Å². The Kier molecular flexibility index (Phi) is 7.35. The smallest absolute Gasteiger partial charge is 0.435 e. The Balaban J connectivity index is 1.95. The Morgan fingerprint density at radius 1 is 1.09 bits per heavy atom. The summed E-state index contributed by atoms with van der Waals surface area (Å²) in [6.45, 7) is -1.05. The summed E-state index contributed by atoms with van der Waals surface area (Å²) in [5.41, 5.74) is -1.77. The predicted molar refractivity (Wildman–Crippen MR) is 115 cm³/mol. The van der Waals surface area contributed by atoms with Crippen molar-refractivity contribution in [1.82, 2.24) is 10.2 Å². The Morgan fingerprint density at radius 3 is 2.38 bits per heavy atom. The number of ether oxygens (including phenoxy) is 2. The zero-order valence-corrected chi connectivity index (χ0v) is 18.6. The SMILES string of the molecule is CN=S(C)(=O)c1cccc(NC(=O)c2cc(C(F)(F)F)nnc2Oc2ccc(OCF)cc2)c1. The summed E-state index contributed by atoms with van der Waals surface area (Å²) in [5.74, 6) is -1.19. The van der Waals surface area contributed by atoms with Crippen LogP contribution in [0.3, 0.4) is 0 Å². The van der Waals surface area contributed by atoms with Crippen LogP contribution in [0.2, 0.25) is 0 Å². The number of aromatic nitrogens is 2. The molecule has 0 spiro atoms. The lowest BCUT2D eigenvalue weighted by Crippen LogP contribution is -2.18. The summed E-state index contributed by atoms with van der Waals surface area (Å²) >= 11 is 0. The third kappa shape index (κ3) is 5.98. The number of amides is 1. The van der Waals surface area contributed by atoms with Gasteiger partial charge in [-0.15, -0.1) is 10.2 Å². The summed E-state index contributed by atoms with van der Waals surface area (Å²) in [5, 5.41) is 8.97. The van der Waals surface area contributed by atoms with Gasteiger partial charge in [0.1, 0.15) is 17.1 Å². The number of nitrogens with zero attached hydrogens (tertiary/aromatic N) is 3. The number of halogens is 4. The Hall–Kier alpha value is -3.74. The van der Waals surface area contributed by atoms with Crippen LogP contribution < -0.4 is 14.8 Å². The molecule has 0 saturated heterocycles. The molecule has 1 aromatic heterocycles. The molecule has 1 unspecified atom stereocenters. The molecule has 0 radical (unpaired) electrons. The molecular formula is C21H18F4N4O4S. The van der Waals surface area contributed by atoms with Gasteiger partial charge in [-0.05, 0) is 48.5 Å². The van der Waals surface area contributed by atoms with Gasteiger partial charge in [0.15, 0.2) is 5.69 Å². The normalized spacial score (nSPS) is 13.0. The molecule has 8 nitrogen and oxygen atoms in total. The van der Waals surface area contributed by atoms with E-state index in [0.717, 1.165) is 0 Å². The monoisotopic (exact) mass is 498 g/mol. The molecule has 34 heavy (non-hydrogen) atoms. The minimum Gasteiger partial charge on any atom is -0.463 e. The van der Waals surface area contributed by atoms with Crippen LogP contribution in [0.25, 0.3) is 0 Å². The highest BCUT2D eigenvalue weighted by atomic mass is 32.2. The average molecular weight is 498 g/mol. The van der Waals surface area contributed by atoms with Crippen molar-refractivity contribution in [3.05, 3.63) is 65.9 Å². The summed E-state index contributed by atoms with van der Waals surface area (Å²) in [6.07, 6.45) is -3.45. The number of nitrogens with one attached hydrogen (secondary N) is 1. The molecule has 0 bridgehead atoms. The second-order valence-corrected chi connectivity index (χ2v) is 9.18. The third-order valence-electron chi connectivity index (χ3n) is 4.43. The van der Waals surface area contributed by atoms with Gasteiger partial charge in [0.25, 0.3) is 11.8 Å². The third-order valence-corrected chi connectivity index (χ3v) is 6.26. The van der Waals surface area contributed by atoms with Crippen LogP contribution in [0.15, 0.2) is 63.9 Å². The van der Waals surface area contributed by atoms with Gasteiger partial charge < -0.3 is 14.8 Å². The maximum absolute atomic E-state index is 13.2. The number of carbonyl (C=O) groups is 1. The standard InChI is InChI=1S/C21H18F4N4O4S/c1-26-34(2,31)16-5-3-4-13(10-16)27-19(30)17-11-18(21(23,24)25)28-29-20(17)33-15-8-6-14(7-9-15)32-12-22/h3-11H,12H2,1-2H3,(H,27,30). The van der Waals surface area contributed by atoms with E-state index < -0.39 is 45.8 Å². The van der Waals surface area contributed by atoms with Crippen molar-refractivity contribution < 1.29 is 36.0 Å². The summed E-state index contributed by atoms with van der Waals surface area (Å²) in [4.78, 5) is 13.2. The number of carbonyl (C=O) groups excluding carboxylic acids is 1. The van der Waals surface area contributed by atoms with Crippen LogP contribution in [-0.2, 0) is 15.9 Å². The number of benzene rings is 2. The largest absolute Gasteiger partial charge is 0.463 e. The van der Waals surface area contributed by atoms with Gasteiger partial charge in [-0.25, -0.2) is 13.0 Å². The maximum atomic E-state index is 13.2. The number of rotatable bonds is 7. The minimum atomic E-state index is -4.86. The van der Waals surface area contributed by atoms with E-state index in [1.54, 1.807) is 6.07 Å². The highest BCUT2D eigenvalue weighted by Crippen LogP contribution is 2.32. The molecule has 0 saturated carbocycles. The summed E-state index contributed by atoms with van der Waals surface area (Å²) in [6, 6.07) is 11.9. The van der Waals surface area contributed by atoms with E-state index in [1.807, 2.05) is 0 Å². The van der Waals surface area contributed by atoms with Gasteiger partial charge >= 0.3 is 6.18 Å². The van der Waals surface area contributed by atoms with E-state index in [-0.39, 0.29) is 17.2 Å². The molecule has 180 valence electrons. The van der Waals surface area contributed by atoms with Crippen molar-refractivity contribution in [2.45, 2.75) is 11.1 Å². The van der Waals surface area contributed by atoms with Crippen molar-refractivity contribution in [3.8, 4) is 17.4 Å². The fourth-order valence-corrected chi connectivity index (χ4v) is 3.54. The van der Waals surface area contributed by atoms with E-state index in [9.17, 15) is 26.6 Å². The van der Waals surface area contributed by atoms with Gasteiger partial charge in [0.05, 0.1) is 9.73 Å². The number of alkyl halides is 4. The molecular weight excluding hydrogens is 480 g/mol. The first-order valence-electron chi connectivity index (χ1n) is 9.47. The van der Waals surface area contributed by atoms with Crippen LogP contribution in [0.4, 0.5) is 23.2 Å². The molecule has 0 aliphatic rings. The van der Waals surface area contributed by atoms with Gasteiger partial charge in [-0.2, -0.15) is 13.2 Å². The topological polar surface area (TPSA) is 103 Å². The molecule has 3 aromatic rings. The van der Waals surface area contributed by atoms with Gasteiger partial charge in [0.2, 0.25) is 6.86 Å². The average Bonchev–Trinajstić information content (AvgIpc) is 2.80. The lowest BCUT2D eigenvalue weighted by atomic mass is 10.2. The fraction of sp³-hybridized carbons (Fsp3) is 0.190. The van der Waals surface area contributed by atoms with Crippen LogP contribution in [-0.4, -0.2) is 40.5 Å². The first-order valence-corrected chi connectivity index (χ1v) is 11.4. The van der Waals surface area contributed by atoms with Crippen molar-refractivity contribution in [2.75, 3.05) is 25.5 Å². The summed E-state index contributed by atoms with van der Waals surface area (Å²) in [7, 11) is -1.33. The number of hydrogen-bond acceptors (Lipinski definition) is 7. The second kappa shape index (κ2) is 10.0. The zero-order chi connectivity index (χ0) is 24.9. The second-order valence-electron chi connectivity index (χ2n) is 6.74. The molecule has 3 rings (SSSR count). The lowest BCUT2D eigenvalue weighted by Gasteiger charge is -2.13. The quantitative estimate of drug-likeness (QED) is 0.464. The van der Waals surface area contributed by atoms with Crippen LogP contribution >= 0.6 is 0 Å². The molecule has 0 fully saturated rings. The molecule has 1 heterocycles. The molecule has 0 aliphatic heterocycles. The van der Waals surface area contributed by atoms with E-state index in [0.29, 0.717) is 11.0 Å². The molecule has 1 amide bonds. The molecule has 2 aromatic carbocycles. The molecule has 13 heteroatoms. The lowest BCUT2D eigenvalue weighted by molar-refractivity contribution is -0.141. The van der Waals surface area contributed by atoms with Crippen LogP contribution in [0, 0.1) is 0 Å². The molecule has 0 aliphatic carbocycles. The first kappa shape index (κ1) is 24.9. The van der Waals surface area contributed by atoms with E-state index in [4.69, 9.17) is 4.74 Å². The zero-order valence-electron chi connectivity index (χ0n) is 17.8. The maximum Gasteiger partial charge on any atom is 0.435 e. The molecule has 1 N–H and O–H groups in total. The first-order chi connectivity index (χ1) is 16.0. The van der Waals surface area contributed by atoms with Crippen molar-refractivity contribution in [1.29, 1.82) is 0 Å². The Bertz CT molecular complexity index is 1310. The van der Waals surface area contributed by atoms with Crippen LogP contribution in [0.5, 0.6) is 17.4 Å². The molecule has 1 atom stereocenters. The van der Waals surface area contributed by atoms with E-state index in [2.05, 4.69) is 24.6 Å². The predicted octanol–water partition coefficient (Wildman–Crippen LogP) is 4.93. The Morgan fingerprint density at radius 2 is 1.76 bits per heavy atom. The Labute approximate surface area is 192 Å². The van der Waals surface area contributed by atoms with Crippen molar-refractivity contribution in [3.63, 3.8) is 0 Å². The highest BCUT2D eigenvalue weighted by Gasteiger charge is 2.35. The van der Waals surface area contributed by atoms with E-state index >= 15 is 0 Å². The fourth-order valence-electron chi connectivity index (χ4n) is 2.65. The van der Waals surface area contributed by atoms with Gasteiger partial charge in [-0.1, -0.05) is 6.07 Å².